The quantitative estimate of drug-likeness (QED) is 0.855. The maximum absolute atomic E-state index is 13.7. The topological polar surface area (TPSA) is 38.2 Å². The van der Waals surface area contributed by atoms with Gasteiger partial charge in [0.05, 0.1) is 17.4 Å². The van der Waals surface area contributed by atoms with E-state index in [1.807, 2.05) is 0 Å². The van der Waals surface area contributed by atoms with Crippen molar-refractivity contribution in [3.8, 4) is 6.01 Å². The molecular formula is C16H16ClF2N3O. The third-order valence-corrected chi connectivity index (χ3v) is 4.00. The fourth-order valence-corrected chi connectivity index (χ4v) is 2.70. The average Bonchev–Trinajstić information content (AvgIpc) is 2.55. The Morgan fingerprint density at radius 3 is 2.57 bits per heavy atom. The second-order valence-corrected chi connectivity index (χ2v) is 5.95. The molecule has 122 valence electrons. The summed E-state index contributed by atoms with van der Waals surface area (Å²) in [5, 5.41) is 0.462. The molecule has 0 N–H and O–H groups in total. The van der Waals surface area contributed by atoms with Crippen molar-refractivity contribution < 1.29 is 13.5 Å². The van der Waals surface area contributed by atoms with Crippen LogP contribution in [0.2, 0.25) is 5.02 Å². The van der Waals surface area contributed by atoms with Crippen molar-refractivity contribution in [2.75, 3.05) is 13.1 Å². The highest BCUT2D eigenvalue weighted by atomic mass is 35.5. The second-order valence-electron chi connectivity index (χ2n) is 5.51. The van der Waals surface area contributed by atoms with Crippen LogP contribution in [0.5, 0.6) is 6.01 Å². The van der Waals surface area contributed by atoms with Crippen LogP contribution < -0.4 is 4.74 Å². The molecule has 0 atom stereocenters. The fourth-order valence-electron chi connectivity index (χ4n) is 2.60. The third kappa shape index (κ3) is 4.36. The van der Waals surface area contributed by atoms with Gasteiger partial charge in [-0.2, -0.15) is 0 Å². The first-order valence-corrected chi connectivity index (χ1v) is 7.78. The lowest BCUT2D eigenvalue weighted by molar-refractivity contribution is 0.0886. The Morgan fingerprint density at radius 1 is 1.17 bits per heavy atom. The van der Waals surface area contributed by atoms with Gasteiger partial charge in [0.15, 0.2) is 0 Å². The number of halogens is 3. The minimum absolute atomic E-state index is 0.0183. The molecule has 0 spiro atoms. The predicted molar refractivity (Wildman–Crippen MR) is 82.3 cm³/mol. The number of hydrogen-bond acceptors (Lipinski definition) is 4. The maximum atomic E-state index is 13.7. The molecule has 1 aliphatic heterocycles. The van der Waals surface area contributed by atoms with Crippen molar-refractivity contribution in [3.63, 3.8) is 0 Å². The standard InChI is InChI=1S/C16H16ClF2N3O/c17-12-8-20-16(21-9-12)23-14-3-5-22(6-4-14)10-11-7-13(18)1-2-15(11)19/h1-2,7-9,14H,3-6,10H2. The molecule has 1 aromatic carbocycles. The van der Waals surface area contributed by atoms with E-state index in [1.54, 1.807) is 0 Å². The summed E-state index contributed by atoms with van der Waals surface area (Å²) >= 11 is 5.73. The normalized spacial score (nSPS) is 16.5. The van der Waals surface area contributed by atoms with E-state index in [0.717, 1.165) is 32.0 Å². The van der Waals surface area contributed by atoms with Crippen LogP contribution >= 0.6 is 11.6 Å². The van der Waals surface area contributed by atoms with Crippen molar-refractivity contribution >= 4 is 11.6 Å². The molecule has 7 heteroatoms. The number of benzene rings is 1. The van der Waals surface area contributed by atoms with Gasteiger partial charge >= 0.3 is 6.01 Å². The Hall–Kier alpha value is -1.79. The van der Waals surface area contributed by atoms with Crippen LogP contribution in [0, 0.1) is 11.6 Å². The molecule has 0 aliphatic carbocycles. The molecule has 1 aromatic heterocycles. The van der Waals surface area contributed by atoms with E-state index in [9.17, 15) is 8.78 Å². The van der Waals surface area contributed by atoms with E-state index in [0.29, 0.717) is 23.1 Å². The van der Waals surface area contributed by atoms with Crippen LogP contribution in [0.4, 0.5) is 8.78 Å². The largest absolute Gasteiger partial charge is 0.460 e. The van der Waals surface area contributed by atoms with Gasteiger partial charge in [0.2, 0.25) is 0 Å². The smallest absolute Gasteiger partial charge is 0.316 e. The van der Waals surface area contributed by atoms with Crippen LogP contribution in [0.1, 0.15) is 18.4 Å². The summed E-state index contributed by atoms with van der Waals surface area (Å²) in [6, 6.07) is 3.85. The Kier molecular flexibility index (Phi) is 5.03. The van der Waals surface area contributed by atoms with E-state index >= 15 is 0 Å². The minimum atomic E-state index is -0.417. The van der Waals surface area contributed by atoms with Gasteiger partial charge in [-0.25, -0.2) is 18.7 Å². The summed E-state index contributed by atoms with van der Waals surface area (Å²) in [6.07, 6.45) is 4.56. The van der Waals surface area contributed by atoms with Crippen LogP contribution in [0.15, 0.2) is 30.6 Å². The Labute approximate surface area is 138 Å². The van der Waals surface area contributed by atoms with Gasteiger partial charge < -0.3 is 4.74 Å². The number of hydrogen-bond donors (Lipinski definition) is 0. The average molecular weight is 340 g/mol. The van der Waals surface area contributed by atoms with E-state index in [1.165, 1.54) is 24.5 Å². The molecule has 0 unspecified atom stereocenters. The zero-order valence-corrected chi connectivity index (χ0v) is 13.1. The van der Waals surface area contributed by atoms with Crippen molar-refractivity contribution in [1.29, 1.82) is 0 Å². The molecule has 0 saturated carbocycles. The summed E-state index contributed by atoms with van der Waals surface area (Å²) in [5.74, 6) is -0.793. The molecule has 3 rings (SSSR count). The monoisotopic (exact) mass is 339 g/mol. The van der Waals surface area contributed by atoms with E-state index in [4.69, 9.17) is 16.3 Å². The van der Waals surface area contributed by atoms with Gasteiger partial charge in [-0.3, -0.25) is 4.90 Å². The zero-order chi connectivity index (χ0) is 16.2. The molecule has 0 amide bonds. The van der Waals surface area contributed by atoms with Crippen LogP contribution in [-0.2, 0) is 6.54 Å². The van der Waals surface area contributed by atoms with Gasteiger partial charge in [0.1, 0.15) is 17.7 Å². The van der Waals surface area contributed by atoms with Gasteiger partial charge in [0, 0.05) is 25.2 Å². The first-order chi connectivity index (χ1) is 11.1. The Morgan fingerprint density at radius 2 is 1.87 bits per heavy atom. The van der Waals surface area contributed by atoms with Crippen molar-refractivity contribution in [2.45, 2.75) is 25.5 Å². The number of piperidine rings is 1. The molecule has 23 heavy (non-hydrogen) atoms. The number of rotatable bonds is 4. The highest BCUT2D eigenvalue weighted by Crippen LogP contribution is 2.19. The summed E-state index contributed by atoms with van der Waals surface area (Å²) in [4.78, 5) is 10.1. The van der Waals surface area contributed by atoms with Crippen molar-refractivity contribution in [1.82, 2.24) is 14.9 Å². The van der Waals surface area contributed by atoms with Gasteiger partial charge in [-0.1, -0.05) is 11.6 Å². The van der Waals surface area contributed by atoms with E-state index < -0.39 is 5.82 Å². The van der Waals surface area contributed by atoms with Gasteiger partial charge in [-0.05, 0) is 31.0 Å². The summed E-state index contributed by atoms with van der Waals surface area (Å²) in [5.41, 5.74) is 0.380. The number of likely N-dealkylation sites (tertiary alicyclic amines) is 1. The van der Waals surface area contributed by atoms with Crippen molar-refractivity contribution in [3.05, 3.63) is 52.8 Å². The molecule has 4 nitrogen and oxygen atoms in total. The maximum Gasteiger partial charge on any atom is 0.316 e. The number of aromatic nitrogens is 2. The summed E-state index contributed by atoms with van der Waals surface area (Å²) in [6.45, 7) is 1.89. The highest BCUT2D eigenvalue weighted by molar-refractivity contribution is 6.30. The lowest BCUT2D eigenvalue weighted by atomic mass is 10.1. The Balaban J connectivity index is 1.52. The highest BCUT2D eigenvalue weighted by Gasteiger charge is 2.22. The van der Waals surface area contributed by atoms with Gasteiger partial charge in [0.25, 0.3) is 0 Å². The van der Waals surface area contributed by atoms with E-state index in [-0.39, 0.29) is 11.9 Å². The summed E-state index contributed by atoms with van der Waals surface area (Å²) in [7, 11) is 0. The lowest BCUT2D eigenvalue weighted by Crippen LogP contribution is -2.38. The second kappa shape index (κ2) is 7.19. The van der Waals surface area contributed by atoms with Crippen LogP contribution in [-0.4, -0.2) is 34.1 Å². The fraction of sp³-hybridized carbons (Fsp3) is 0.375. The molecular weight excluding hydrogens is 324 g/mol. The van der Waals surface area contributed by atoms with Crippen molar-refractivity contribution in [2.24, 2.45) is 0 Å². The Bertz CT molecular complexity index is 661. The van der Waals surface area contributed by atoms with E-state index in [2.05, 4.69) is 14.9 Å². The molecule has 2 heterocycles. The first-order valence-electron chi connectivity index (χ1n) is 7.40. The predicted octanol–water partition coefficient (Wildman–Crippen LogP) is 3.45. The zero-order valence-electron chi connectivity index (χ0n) is 12.4. The molecule has 1 saturated heterocycles. The molecule has 1 aliphatic rings. The molecule has 0 radical (unpaired) electrons. The molecule has 2 aromatic rings. The SMILES string of the molecule is Fc1ccc(F)c(CN2CCC(Oc3ncc(Cl)cn3)CC2)c1. The van der Waals surface area contributed by atoms with Crippen LogP contribution in [0.25, 0.3) is 0 Å². The lowest BCUT2D eigenvalue weighted by Gasteiger charge is -2.31. The first kappa shape index (κ1) is 16.1. The third-order valence-electron chi connectivity index (χ3n) is 3.81. The number of ether oxygens (including phenoxy) is 1. The van der Waals surface area contributed by atoms with Crippen LogP contribution in [0.3, 0.4) is 0 Å². The minimum Gasteiger partial charge on any atom is -0.460 e. The summed E-state index contributed by atoms with van der Waals surface area (Å²) < 4.78 is 32.6. The molecule has 0 bridgehead atoms. The number of nitrogens with zero attached hydrogens (tertiary/aromatic N) is 3. The van der Waals surface area contributed by atoms with Gasteiger partial charge in [-0.15, -0.1) is 0 Å². The molecule has 1 fully saturated rings.